The lowest BCUT2D eigenvalue weighted by Gasteiger charge is -2.16. The summed E-state index contributed by atoms with van der Waals surface area (Å²) in [5.74, 6) is 0.732. The largest absolute Gasteiger partial charge is 0.356 e. The summed E-state index contributed by atoms with van der Waals surface area (Å²) in [6.45, 7) is 8.15. The highest BCUT2D eigenvalue weighted by molar-refractivity contribution is 14.0. The van der Waals surface area contributed by atoms with Crippen molar-refractivity contribution in [1.29, 1.82) is 0 Å². The molecule has 0 spiro atoms. The van der Waals surface area contributed by atoms with Crippen LogP contribution >= 0.6 is 35.3 Å². The minimum atomic E-state index is -3.37. The second kappa shape index (κ2) is 12.5. The molecule has 0 amide bonds. The molecule has 0 aliphatic heterocycles. The van der Waals surface area contributed by atoms with Gasteiger partial charge in [0.1, 0.15) is 4.21 Å². The number of guanidine groups is 1. The quantitative estimate of drug-likeness (QED) is 0.284. The smallest absolute Gasteiger partial charge is 0.252 e. The van der Waals surface area contributed by atoms with Crippen molar-refractivity contribution in [3.05, 3.63) is 52.4 Å². The third-order valence-electron chi connectivity index (χ3n) is 4.53. The van der Waals surface area contributed by atoms with Gasteiger partial charge in [0, 0.05) is 38.1 Å². The lowest BCUT2D eigenvalue weighted by molar-refractivity contribution is 0.447. The van der Waals surface area contributed by atoms with E-state index in [9.17, 15) is 8.42 Å². The number of aryl methyl sites for hydroxylation is 1. The van der Waals surface area contributed by atoms with Crippen molar-refractivity contribution in [2.45, 2.75) is 37.9 Å². The molecule has 0 fully saturated rings. The van der Waals surface area contributed by atoms with Gasteiger partial charge in [0.05, 0.1) is 0 Å². The Hall–Kier alpha value is -1.17. The van der Waals surface area contributed by atoms with E-state index < -0.39 is 10.0 Å². The van der Waals surface area contributed by atoms with Crippen LogP contribution in [0.25, 0.3) is 0 Å². The second-order valence-corrected chi connectivity index (χ2v) is 9.67. The normalized spacial score (nSPS) is 12.0. The van der Waals surface area contributed by atoms with Gasteiger partial charge >= 0.3 is 0 Å². The van der Waals surface area contributed by atoms with Crippen LogP contribution in [0.1, 0.15) is 29.9 Å². The van der Waals surface area contributed by atoms with E-state index in [2.05, 4.69) is 34.7 Å². The number of sulfonamides is 1. The molecule has 2 rings (SSSR count). The van der Waals surface area contributed by atoms with E-state index in [1.165, 1.54) is 26.8 Å². The summed E-state index contributed by atoms with van der Waals surface area (Å²) < 4.78 is 27.0. The molecule has 1 aromatic carbocycles. The maximum Gasteiger partial charge on any atom is 0.252 e. The number of hydrogen-bond acceptors (Lipinski definition) is 4. The molecule has 0 radical (unpaired) electrons. The maximum atomic E-state index is 12.6. The fourth-order valence-electron chi connectivity index (χ4n) is 2.83. The number of thiophene rings is 1. The van der Waals surface area contributed by atoms with Crippen molar-refractivity contribution < 1.29 is 8.42 Å². The average molecular weight is 551 g/mol. The predicted molar refractivity (Wildman–Crippen MR) is 133 cm³/mol. The Kier molecular flexibility index (Phi) is 11.2. The van der Waals surface area contributed by atoms with E-state index in [0.717, 1.165) is 17.3 Å². The number of aliphatic imine (C=N–C) groups is 1. The zero-order valence-electron chi connectivity index (χ0n) is 17.4. The summed E-state index contributed by atoms with van der Waals surface area (Å²) >= 11 is 1.34. The molecule has 0 saturated heterocycles. The van der Waals surface area contributed by atoms with Crippen molar-refractivity contribution in [2.75, 3.05) is 26.7 Å². The molecular formula is C20H31IN4O2S2. The minimum Gasteiger partial charge on any atom is -0.356 e. The van der Waals surface area contributed by atoms with Crippen LogP contribution in [-0.2, 0) is 23.0 Å². The minimum absolute atomic E-state index is 0. The zero-order valence-corrected chi connectivity index (χ0v) is 21.4. The van der Waals surface area contributed by atoms with Crippen LogP contribution < -0.4 is 10.6 Å². The molecule has 6 nitrogen and oxygen atoms in total. The molecule has 0 unspecified atom stereocenters. The molecule has 0 atom stereocenters. The van der Waals surface area contributed by atoms with Crippen molar-refractivity contribution in [3.63, 3.8) is 0 Å². The van der Waals surface area contributed by atoms with E-state index in [-0.39, 0.29) is 24.0 Å². The summed E-state index contributed by atoms with van der Waals surface area (Å²) in [5, 5.41) is 6.60. The number of nitrogens with one attached hydrogen (secondary N) is 2. The monoisotopic (exact) mass is 550 g/mol. The summed E-state index contributed by atoms with van der Waals surface area (Å²) in [6.07, 6.45) is 0.740. The molecule has 0 aliphatic carbocycles. The van der Waals surface area contributed by atoms with Crippen LogP contribution in [0.5, 0.6) is 0 Å². The van der Waals surface area contributed by atoms with Gasteiger partial charge in [0.2, 0.25) is 0 Å². The molecule has 0 saturated carbocycles. The molecular weight excluding hydrogens is 519 g/mol. The van der Waals surface area contributed by atoms with E-state index in [4.69, 9.17) is 0 Å². The fourth-order valence-corrected chi connectivity index (χ4v) is 5.80. The van der Waals surface area contributed by atoms with Crippen molar-refractivity contribution >= 4 is 51.3 Å². The first-order valence-electron chi connectivity index (χ1n) is 9.50. The molecule has 162 valence electrons. The zero-order chi connectivity index (χ0) is 20.6. The maximum absolute atomic E-state index is 12.6. The standard InChI is InChI=1S/C20H30N4O2S2.HI/c1-5-24(6-2)28(25,26)19-12-11-18(27-19)13-14-22-20(21-4)23-15-17-10-8-7-9-16(17)3;/h7-12H,5-6,13-15H2,1-4H3,(H2,21,22,23);1H. The van der Waals surface area contributed by atoms with E-state index >= 15 is 0 Å². The number of halogens is 1. The highest BCUT2D eigenvalue weighted by Crippen LogP contribution is 2.25. The number of hydrogen-bond donors (Lipinski definition) is 2. The van der Waals surface area contributed by atoms with Crippen molar-refractivity contribution in [1.82, 2.24) is 14.9 Å². The van der Waals surface area contributed by atoms with Crippen LogP contribution in [0.3, 0.4) is 0 Å². The molecule has 1 aromatic heterocycles. The Morgan fingerprint density at radius 2 is 1.79 bits per heavy atom. The lowest BCUT2D eigenvalue weighted by atomic mass is 10.1. The van der Waals surface area contributed by atoms with E-state index in [0.29, 0.717) is 30.4 Å². The predicted octanol–water partition coefficient (Wildman–Crippen LogP) is 3.61. The summed E-state index contributed by atoms with van der Waals surface area (Å²) in [7, 11) is -1.63. The highest BCUT2D eigenvalue weighted by Gasteiger charge is 2.23. The second-order valence-electron chi connectivity index (χ2n) is 6.34. The first-order chi connectivity index (χ1) is 13.4. The molecule has 2 N–H and O–H groups in total. The van der Waals surface area contributed by atoms with Crippen LogP contribution in [0.15, 0.2) is 45.6 Å². The number of benzene rings is 1. The fraction of sp³-hybridized carbons (Fsp3) is 0.450. The number of nitrogens with zero attached hydrogens (tertiary/aromatic N) is 2. The topological polar surface area (TPSA) is 73.8 Å². The van der Waals surface area contributed by atoms with Gasteiger partial charge in [-0.05, 0) is 36.6 Å². The summed E-state index contributed by atoms with van der Waals surface area (Å²) in [6, 6.07) is 11.8. The van der Waals surface area contributed by atoms with Gasteiger partial charge in [-0.3, -0.25) is 4.99 Å². The average Bonchev–Trinajstić information content (AvgIpc) is 3.16. The van der Waals surface area contributed by atoms with Crippen LogP contribution in [0, 0.1) is 6.92 Å². The summed E-state index contributed by atoms with van der Waals surface area (Å²) in [4.78, 5) is 5.28. The summed E-state index contributed by atoms with van der Waals surface area (Å²) in [5.41, 5.74) is 2.47. The van der Waals surface area contributed by atoms with Crippen LogP contribution in [0.4, 0.5) is 0 Å². The first-order valence-corrected chi connectivity index (χ1v) is 11.8. The third-order valence-corrected chi connectivity index (χ3v) is 8.19. The van der Waals surface area contributed by atoms with Crippen molar-refractivity contribution in [2.24, 2.45) is 4.99 Å². The number of rotatable bonds is 9. The van der Waals surface area contributed by atoms with Gasteiger partial charge in [0.25, 0.3) is 10.0 Å². The lowest BCUT2D eigenvalue weighted by Crippen LogP contribution is -2.37. The van der Waals surface area contributed by atoms with Gasteiger partial charge < -0.3 is 10.6 Å². The Labute approximate surface area is 195 Å². The van der Waals surface area contributed by atoms with E-state index in [1.54, 1.807) is 13.1 Å². The van der Waals surface area contributed by atoms with Crippen molar-refractivity contribution in [3.8, 4) is 0 Å². The van der Waals surface area contributed by atoms with Gasteiger partial charge in [-0.1, -0.05) is 38.1 Å². The molecule has 2 aromatic rings. The molecule has 0 bridgehead atoms. The SMILES string of the molecule is CCN(CC)S(=O)(=O)c1ccc(CCNC(=NC)NCc2ccccc2C)s1.I. The Morgan fingerprint density at radius 1 is 1.10 bits per heavy atom. The molecule has 9 heteroatoms. The molecule has 0 aliphatic rings. The van der Waals surface area contributed by atoms with E-state index in [1.807, 2.05) is 32.0 Å². The first kappa shape index (κ1) is 25.9. The van der Waals surface area contributed by atoms with Gasteiger partial charge in [-0.2, -0.15) is 4.31 Å². The Morgan fingerprint density at radius 3 is 2.41 bits per heavy atom. The Bertz CT molecular complexity index is 893. The van der Waals surface area contributed by atoms with Gasteiger partial charge in [-0.15, -0.1) is 35.3 Å². The molecule has 1 heterocycles. The van der Waals surface area contributed by atoms with Gasteiger partial charge in [0.15, 0.2) is 5.96 Å². The van der Waals surface area contributed by atoms with Crippen LogP contribution in [-0.4, -0.2) is 45.4 Å². The van der Waals surface area contributed by atoms with Gasteiger partial charge in [-0.25, -0.2) is 8.42 Å². The third kappa shape index (κ3) is 7.23. The highest BCUT2D eigenvalue weighted by atomic mass is 127. The molecule has 29 heavy (non-hydrogen) atoms. The Balaban J connectivity index is 0.00000420. The van der Waals surface area contributed by atoms with Crippen LogP contribution in [0.2, 0.25) is 0 Å².